The number of ether oxygens (including phenoxy) is 3. The standard InChI is InChI=1S/C29H39NO5/c1-8-35-23-10-9-18(13-24(23)34-7)25-26-19(14-28(2,3)16-21(26)31)30(11-12-33-6)20-15-29(4,5)17-22(32)27(20)25/h9-10,13,25H,8,11-12,14-17H2,1-7H3. The van der Waals surface area contributed by atoms with Crippen molar-refractivity contribution in [1.82, 2.24) is 4.90 Å². The van der Waals surface area contributed by atoms with E-state index in [2.05, 4.69) is 32.6 Å². The minimum Gasteiger partial charge on any atom is -0.493 e. The van der Waals surface area contributed by atoms with Crippen molar-refractivity contribution in [1.29, 1.82) is 0 Å². The maximum absolute atomic E-state index is 13.8. The molecule has 1 aromatic rings. The number of benzene rings is 1. The first-order valence-electron chi connectivity index (χ1n) is 12.6. The molecule has 4 rings (SSSR count). The normalized spacial score (nSPS) is 21.7. The molecule has 0 atom stereocenters. The van der Waals surface area contributed by atoms with Crippen LogP contribution >= 0.6 is 0 Å². The van der Waals surface area contributed by atoms with Gasteiger partial charge < -0.3 is 19.1 Å². The average Bonchev–Trinajstić information content (AvgIpc) is 2.76. The summed E-state index contributed by atoms with van der Waals surface area (Å²) in [6, 6.07) is 5.82. The molecule has 35 heavy (non-hydrogen) atoms. The van der Waals surface area contributed by atoms with E-state index in [1.165, 1.54) is 0 Å². The quantitative estimate of drug-likeness (QED) is 0.518. The number of Topliss-reactive ketones (excluding diaryl/α,β-unsaturated/α-hetero) is 2. The summed E-state index contributed by atoms with van der Waals surface area (Å²) < 4.78 is 16.8. The van der Waals surface area contributed by atoms with Gasteiger partial charge in [-0.2, -0.15) is 0 Å². The van der Waals surface area contributed by atoms with E-state index in [-0.39, 0.29) is 22.4 Å². The summed E-state index contributed by atoms with van der Waals surface area (Å²) in [5.74, 6) is 1.13. The molecule has 0 saturated heterocycles. The Balaban J connectivity index is 1.96. The third-order valence-electron chi connectivity index (χ3n) is 7.36. The molecule has 0 N–H and O–H groups in total. The summed E-state index contributed by atoms with van der Waals surface area (Å²) in [5.41, 5.74) is 4.23. The molecule has 0 saturated carbocycles. The lowest BCUT2D eigenvalue weighted by Crippen LogP contribution is -2.45. The zero-order chi connectivity index (χ0) is 25.5. The van der Waals surface area contributed by atoms with Gasteiger partial charge in [0.15, 0.2) is 23.1 Å². The van der Waals surface area contributed by atoms with E-state index in [4.69, 9.17) is 14.2 Å². The molecule has 0 bridgehead atoms. The van der Waals surface area contributed by atoms with Crippen LogP contribution in [0.3, 0.4) is 0 Å². The Morgan fingerprint density at radius 2 is 1.46 bits per heavy atom. The number of nitrogens with zero attached hydrogens (tertiary/aromatic N) is 1. The number of carbonyl (C=O) groups is 2. The van der Waals surface area contributed by atoms with Crippen molar-refractivity contribution >= 4 is 11.6 Å². The smallest absolute Gasteiger partial charge is 0.162 e. The highest BCUT2D eigenvalue weighted by molar-refractivity contribution is 6.06. The Hall–Kier alpha value is -2.60. The monoisotopic (exact) mass is 481 g/mol. The highest BCUT2D eigenvalue weighted by Gasteiger charge is 2.48. The number of hydrogen-bond donors (Lipinski definition) is 0. The molecule has 0 unspecified atom stereocenters. The molecule has 0 amide bonds. The number of methoxy groups -OCH3 is 2. The number of ketones is 2. The van der Waals surface area contributed by atoms with Gasteiger partial charge >= 0.3 is 0 Å². The van der Waals surface area contributed by atoms with Crippen LogP contribution in [0.4, 0.5) is 0 Å². The molecule has 6 nitrogen and oxygen atoms in total. The van der Waals surface area contributed by atoms with Gasteiger partial charge in [-0.05, 0) is 48.3 Å². The fourth-order valence-electron chi connectivity index (χ4n) is 5.97. The number of rotatable bonds is 7. The largest absolute Gasteiger partial charge is 0.493 e. The number of carbonyl (C=O) groups excluding carboxylic acids is 2. The first-order valence-corrected chi connectivity index (χ1v) is 12.6. The topological polar surface area (TPSA) is 65.1 Å². The molecule has 1 aliphatic heterocycles. The zero-order valence-electron chi connectivity index (χ0n) is 22.2. The highest BCUT2D eigenvalue weighted by Crippen LogP contribution is 2.54. The number of hydrogen-bond acceptors (Lipinski definition) is 6. The number of allylic oxidation sites excluding steroid dienone is 4. The molecule has 0 fully saturated rings. The van der Waals surface area contributed by atoms with Gasteiger partial charge in [0.2, 0.25) is 0 Å². The van der Waals surface area contributed by atoms with Crippen molar-refractivity contribution in [2.75, 3.05) is 34.0 Å². The second-order valence-electron chi connectivity index (χ2n) is 11.5. The molecule has 190 valence electrons. The Labute approximate surface area is 209 Å². The molecule has 0 spiro atoms. The van der Waals surface area contributed by atoms with Crippen molar-refractivity contribution < 1.29 is 23.8 Å². The molecule has 2 aliphatic carbocycles. The lowest BCUT2D eigenvalue weighted by molar-refractivity contribution is -0.119. The summed E-state index contributed by atoms with van der Waals surface area (Å²) in [6.07, 6.45) is 2.51. The van der Waals surface area contributed by atoms with Crippen molar-refractivity contribution in [3.63, 3.8) is 0 Å². The summed E-state index contributed by atoms with van der Waals surface area (Å²) in [6.45, 7) is 12.2. The van der Waals surface area contributed by atoms with Crippen LogP contribution in [0.25, 0.3) is 0 Å². The van der Waals surface area contributed by atoms with Crippen molar-refractivity contribution in [3.8, 4) is 11.5 Å². The van der Waals surface area contributed by atoms with Crippen LogP contribution in [0.2, 0.25) is 0 Å². The molecular weight excluding hydrogens is 442 g/mol. The predicted molar refractivity (Wildman–Crippen MR) is 136 cm³/mol. The second kappa shape index (κ2) is 9.45. The van der Waals surface area contributed by atoms with Crippen LogP contribution in [-0.4, -0.2) is 50.4 Å². The van der Waals surface area contributed by atoms with Gasteiger partial charge in [-0.15, -0.1) is 0 Å². The van der Waals surface area contributed by atoms with Gasteiger partial charge in [-0.1, -0.05) is 33.8 Å². The van der Waals surface area contributed by atoms with E-state index < -0.39 is 5.92 Å². The van der Waals surface area contributed by atoms with E-state index in [1.807, 2.05) is 25.1 Å². The Bertz CT molecular complexity index is 1040. The van der Waals surface area contributed by atoms with Crippen LogP contribution in [0.15, 0.2) is 40.7 Å². The maximum Gasteiger partial charge on any atom is 0.162 e. The summed E-state index contributed by atoms with van der Waals surface area (Å²) in [7, 11) is 3.31. The third kappa shape index (κ3) is 4.77. The SMILES string of the molecule is CCOc1ccc(C2C3=C(CC(C)(C)CC3=O)N(CCOC)C3=C2C(=O)CC(C)(C)C3)cc1OC. The summed E-state index contributed by atoms with van der Waals surface area (Å²) in [5, 5.41) is 0. The molecule has 0 aromatic heterocycles. The first-order chi connectivity index (χ1) is 16.5. The van der Waals surface area contributed by atoms with Gasteiger partial charge in [0.25, 0.3) is 0 Å². The van der Waals surface area contributed by atoms with Crippen LogP contribution in [-0.2, 0) is 14.3 Å². The van der Waals surface area contributed by atoms with E-state index in [9.17, 15) is 9.59 Å². The van der Waals surface area contributed by atoms with Gasteiger partial charge in [0.05, 0.1) is 20.3 Å². The van der Waals surface area contributed by atoms with Crippen LogP contribution in [0, 0.1) is 10.8 Å². The zero-order valence-corrected chi connectivity index (χ0v) is 22.2. The first kappa shape index (κ1) is 25.5. The Morgan fingerprint density at radius 1 is 0.886 bits per heavy atom. The van der Waals surface area contributed by atoms with E-state index in [0.29, 0.717) is 44.1 Å². The summed E-state index contributed by atoms with van der Waals surface area (Å²) in [4.78, 5) is 29.8. The molecular formula is C29H39NO5. The van der Waals surface area contributed by atoms with Crippen LogP contribution in [0.5, 0.6) is 11.5 Å². The fourth-order valence-corrected chi connectivity index (χ4v) is 5.97. The van der Waals surface area contributed by atoms with Crippen LogP contribution in [0.1, 0.15) is 71.8 Å². The lowest BCUT2D eigenvalue weighted by atomic mass is 9.63. The van der Waals surface area contributed by atoms with E-state index >= 15 is 0 Å². The maximum atomic E-state index is 13.8. The molecule has 1 aromatic carbocycles. The minimum atomic E-state index is -0.393. The highest BCUT2D eigenvalue weighted by atomic mass is 16.5. The average molecular weight is 482 g/mol. The molecule has 1 heterocycles. The fraction of sp³-hybridized carbons (Fsp3) is 0.586. The lowest BCUT2D eigenvalue weighted by Gasteiger charge is -2.49. The molecule has 0 radical (unpaired) electrons. The summed E-state index contributed by atoms with van der Waals surface area (Å²) >= 11 is 0. The van der Waals surface area contributed by atoms with Crippen LogP contribution < -0.4 is 9.47 Å². The third-order valence-corrected chi connectivity index (χ3v) is 7.36. The minimum absolute atomic E-state index is 0.126. The van der Waals surface area contributed by atoms with Gasteiger partial charge in [0.1, 0.15) is 0 Å². The Kier molecular flexibility index (Phi) is 6.89. The van der Waals surface area contributed by atoms with Crippen molar-refractivity contribution in [2.45, 2.75) is 66.2 Å². The van der Waals surface area contributed by atoms with Gasteiger partial charge in [-0.25, -0.2) is 0 Å². The van der Waals surface area contributed by atoms with Crippen molar-refractivity contribution in [2.24, 2.45) is 10.8 Å². The van der Waals surface area contributed by atoms with Gasteiger partial charge in [-0.3, -0.25) is 9.59 Å². The predicted octanol–water partition coefficient (Wildman–Crippen LogP) is 5.43. The Morgan fingerprint density at radius 3 is 1.94 bits per heavy atom. The molecule has 3 aliphatic rings. The van der Waals surface area contributed by atoms with Crippen molar-refractivity contribution in [3.05, 3.63) is 46.3 Å². The second-order valence-corrected chi connectivity index (χ2v) is 11.5. The molecule has 6 heteroatoms. The van der Waals surface area contributed by atoms with E-state index in [0.717, 1.165) is 40.9 Å². The van der Waals surface area contributed by atoms with E-state index in [1.54, 1.807) is 14.2 Å². The van der Waals surface area contributed by atoms with Gasteiger partial charge in [0, 0.05) is 55.0 Å².